The van der Waals surface area contributed by atoms with Crippen molar-refractivity contribution in [1.82, 2.24) is 4.90 Å². The first-order valence-corrected chi connectivity index (χ1v) is 8.20. The second-order valence-electron chi connectivity index (χ2n) is 6.64. The molecule has 0 aromatic rings. The molecule has 0 bridgehead atoms. The summed E-state index contributed by atoms with van der Waals surface area (Å²) in [5.41, 5.74) is 5.95. The predicted molar refractivity (Wildman–Crippen MR) is 86.0 cm³/mol. The largest absolute Gasteiger partial charge is 0.343 e. The SMILES string of the molecule is CC(N)C1CCN(C(=O)CC2CCCCCC2)CC1.Cl. The lowest BCUT2D eigenvalue weighted by Gasteiger charge is -2.34. The van der Waals surface area contributed by atoms with Gasteiger partial charge in [0.2, 0.25) is 5.91 Å². The van der Waals surface area contributed by atoms with E-state index in [9.17, 15) is 4.79 Å². The zero-order valence-electron chi connectivity index (χ0n) is 12.9. The lowest BCUT2D eigenvalue weighted by molar-refractivity contribution is -0.133. The van der Waals surface area contributed by atoms with Gasteiger partial charge in [-0.1, -0.05) is 25.7 Å². The second-order valence-corrected chi connectivity index (χ2v) is 6.64. The molecule has 0 aromatic heterocycles. The molecule has 0 radical (unpaired) electrons. The van der Waals surface area contributed by atoms with Crippen molar-refractivity contribution in [3.8, 4) is 0 Å². The Labute approximate surface area is 130 Å². The van der Waals surface area contributed by atoms with Gasteiger partial charge in [0.05, 0.1) is 0 Å². The standard InChI is InChI=1S/C16H30N2O.ClH/c1-13(17)15-8-10-18(11-9-15)16(19)12-14-6-4-2-3-5-7-14;/h13-15H,2-12,17H2,1H3;1H. The van der Waals surface area contributed by atoms with E-state index in [0.29, 0.717) is 17.7 Å². The van der Waals surface area contributed by atoms with E-state index in [2.05, 4.69) is 11.8 Å². The van der Waals surface area contributed by atoms with Crippen LogP contribution in [0.3, 0.4) is 0 Å². The Morgan fingerprint density at radius 2 is 1.65 bits per heavy atom. The number of halogens is 1. The predicted octanol–water partition coefficient (Wildman–Crippen LogP) is 3.35. The van der Waals surface area contributed by atoms with Crippen LogP contribution in [0.4, 0.5) is 0 Å². The van der Waals surface area contributed by atoms with Crippen LogP contribution in [0.5, 0.6) is 0 Å². The molecule has 1 aliphatic heterocycles. The number of likely N-dealkylation sites (tertiary alicyclic amines) is 1. The molecule has 1 unspecified atom stereocenters. The van der Waals surface area contributed by atoms with Gasteiger partial charge in [0.25, 0.3) is 0 Å². The molecule has 2 N–H and O–H groups in total. The summed E-state index contributed by atoms with van der Waals surface area (Å²) in [6.07, 6.45) is 10.9. The van der Waals surface area contributed by atoms with E-state index in [4.69, 9.17) is 5.73 Å². The van der Waals surface area contributed by atoms with Gasteiger partial charge in [-0.3, -0.25) is 4.79 Å². The second kappa shape index (κ2) is 8.89. The smallest absolute Gasteiger partial charge is 0.222 e. The minimum absolute atomic E-state index is 0. The van der Waals surface area contributed by atoms with Crippen molar-refractivity contribution < 1.29 is 4.79 Å². The van der Waals surface area contributed by atoms with E-state index < -0.39 is 0 Å². The maximum Gasteiger partial charge on any atom is 0.222 e. The average Bonchev–Trinajstić information content (AvgIpc) is 2.67. The van der Waals surface area contributed by atoms with E-state index in [1.54, 1.807) is 0 Å². The number of amides is 1. The number of hydrogen-bond donors (Lipinski definition) is 1. The Morgan fingerprint density at radius 3 is 2.15 bits per heavy atom. The van der Waals surface area contributed by atoms with Crippen LogP contribution in [-0.2, 0) is 4.79 Å². The summed E-state index contributed by atoms with van der Waals surface area (Å²) < 4.78 is 0. The van der Waals surface area contributed by atoms with Crippen LogP contribution in [0.2, 0.25) is 0 Å². The van der Waals surface area contributed by atoms with Crippen LogP contribution in [0.25, 0.3) is 0 Å². The Balaban J connectivity index is 0.00000200. The third kappa shape index (κ3) is 5.25. The highest BCUT2D eigenvalue weighted by Gasteiger charge is 2.26. The molecule has 2 aliphatic rings. The van der Waals surface area contributed by atoms with Gasteiger partial charge in [-0.2, -0.15) is 0 Å². The van der Waals surface area contributed by atoms with Gasteiger partial charge in [0.15, 0.2) is 0 Å². The fraction of sp³-hybridized carbons (Fsp3) is 0.938. The first-order valence-electron chi connectivity index (χ1n) is 8.20. The van der Waals surface area contributed by atoms with Gasteiger partial charge in [-0.25, -0.2) is 0 Å². The monoisotopic (exact) mass is 302 g/mol. The Morgan fingerprint density at radius 1 is 1.10 bits per heavy atom. The minimum atomic E-state index is 0. The van der Waals surface area contributed by atoms with Crippen molar-refractivity contribution in [1.29, 1.82) is 0 Å². The average molecular weight is 303 g/mol. The molecule has 1 heterocycles. The maximum atomic E-state index is 12.3. The Bertz CT molecular complexity index is 280. The number of carbonyl (C=O) groups is 1. The van der Waals surface area contributed by atoms with Crippen LogP contribution < -0.4 is 5.73 Å². The van der Waals surface area contributed by atoms with Crippen LogP contribution >= 0.6 is 12.4 Å². The lowest BCUT2D eigenvalue weighted by atomic mass is 9.90. The number of nitrogens with two attached hydrogens (primary N) is 1. The van der Waals surface area contributed by atoms with E-state index in [0.717, 1.165) is 32.4 Å². The molecule has 3 nitrogen and oxygen atoms in total. The molecule has 118 valence electrons. The van der Waals surface area contributed by atoms with Gasteiger partial charge in [-0.05, 0) is 44.4 Å². The third-order valence-corrected chi connectivity index (χ3v) is 5.07. The van der Waals surface area contributed by atoms with Crippen molar-refractivity contribution >= 4 is 18.3 Å². The van der Waals surface area contributed by atoms with Crippen molar-refractivity contribution in [2.45, 2.75) is 70.8 Å². The number of rotatable bonds is 3. The molecule has 0 spiro atoms. The van der Waals surface area contributed by atoms with Crippen molar-refractivity contribution in [3.63, 3.8) is 0 Å². The molecule has 1 aliphatic carbocycles. The van der Waals surface area contributed by atoms with Gasteiger partial charge in [0.1, 0.15) is 0 Å². The first-order chi connectivity index (χ1) is 9.16. The molecule has 4 heteroatoms. The maximum absolute atomic E-state index is 12.3. The molecule has 0 aromatic carbocycles. The molecular formula is C16H31ClN2O. The molecule has 2 rings (SSSR count). The summed E-state index contributed by atoms with van der Waals surface area (Å²) in [6, 6.07) is 0.277. The number of carbonyl (C=O) groups excluding carboxylic acids is 1. The highest BCUT2D eigenvalue weighted by Crippen LogP contribution is 2.27. The number of piperidine rings is 1. The summed E-state index contributed by atoms with van der Waals surface area (Å²) in [4.78, 5) is 14.4. The van der Waals surface area contributed by atoms with Crippen LogP contribution in [-0.4, -0.2) is 29.9 Å². The summed E-state index contributed by atoms with van der Waals surface area (Å²) in [5, 5.41) is 0. The molecule has 1 saturated carbocycles. The van der Waals surface area contributed by atoms with E-state index >= 15 is 0 Å². The molecular weight excluding hydrogens is 272 g/mol. The molecule has 2 fully saturated rings. The van der Waals surface area contributed by atoms with Gasteiger partial charge in [0, 0.05) is 25.6 Å². The van der Waals surface area contributed by atoms with Crippen LogP contribution in [0.1, 0.15) is 64.7 Å². The Hall–Kier alpha value is -0.280. The summed E-state index contributed by atoms with van der Waals surface area (Å²) in [7, 11) is 0. The van der Waals surface area contributed by atoms with Crippen LogP contribution in [0, 0.1) is 11.8 Å². The van der Waals surface area contributed by atoms with Crippen molar-refractivity contribution in [3.05, 3.63) is 0 Å². The Kier molecular flexibility index (Phi) is 7.90. The van der Waals surface area contributed by atoms with Gasteiger partial charge >= 0.3 is 0 Å². The quantitative estimate of drug-likeness (QED) is 0.813. The van der Waals surface area contributed by atoms with E-state index in [-0.39, 0.29) is 18.4 Å². The topological polar surface area (TPSA) is 46.3 Å². The molecule has 20 heavy (non-hydrogen) atoms. The fourth-order valence-electron chi connectivity index (χ4n) is 3.62. The zero-order chi connectivity index (χ0) is 13.7. The number of nitrogens with zero attached hydrogens (tertiary/aromatic N) is 1. The molecule has 1 saturated heterocycles. The van der Waals surface area contributed by atoms with Crippen molar-refractivity contribution in [2.24, 2.45) is 17.6 Å². The fourth-order valence-corrected chi connectivity index (χ4v) is 3.62. The van der Waals surface area contributed by atoms with Crippen LogP contribution in [0.15, 0.2) is 0 Å². The van der Waals surface area contributed by atoms with Gasteiger partial charge in [-0.15, -0.1) is 12.4 Å². The summed E-state index contributed by atoms with van der Waals surface area (Å²) in [5.74, 6) is 1.66. The molecule has 1 amide bonds. The minimum Gasteiger partial charge on any atom is -0.343 e. The lowest BCUT2D eigenvalue weighted by Crippen LogP contribution is -2.43. The normalized spacial score (nSPS) is 23.8. The summed E-state index contributed by atoms with van der Waals surface area (Å²) >= 11 is 0. The molecule has 1 atom stereocenters. The zero-order valence-corrected chi connectivity index (χ0v) is 13.7. The highest BCUT2D eigenvalue weighted by molar-refractivity contribution is 5.85. The first kappa shape index (κ1) is 17.8. The van der Waals surface area contributed by atoms with E-state index in [1.165, 1.54) is 38.5 Å². The van der Waals surface area contributed by atoms with Gasteiger partial charge < -0.3 is 10.6 Å². The van der Waals surface area contributed by atoms with Crippen molar-refractivity contribution in [2.75, 3.05) is 13.1 Å². The summed E-state index contributed by atoms with van der Waals surface area (Å²) in [6.45, 7) is 3.95. The highest BCUT2D eigenvalue weighted by atomic mass is 35.5. The third-order valence-electron chi connectivity index (χ3n) is 5.07. The van der Waals surface area contributed by atoms with E-state index in [1.807, 2.05) is 0 Å². The number of hydrogen-bond acceptors (Lipinski definition) is 2.